The highest BCUT2D eigenvalue weighted by atomic mass is 28.3. The monoisotopic (exact) mass is 216 g/mol. The van der Waals surface area contributed by atoms with Crippen molar-refractivity contribution in [1.82, 2.24) is 0 Å². The number of allylic oxidation sites excluding steroid dienone is 1. The molecule has 0 fully saturated rings. The first-order chi connectivity index (χ1) is 6.56. The van der Waals surface area contributed by atoms with E-state index in [-0.39, 0.29) is 11.9 Å². The van der Waals surface area contributed by atoms with Crippen molar-refractivity contribution in [2.24, 2.45) is 0 Å². The van der Waals surface area contributed by atoms with Crippen molar-refractivity contribution in [3.8, 4) is 0 Å². The Morgan fingerprint density at radius 2 is 1.64 bits per heavy atom. The summed E-state index contributed by atoms with van der Waals surface area (Å²) in [5.74, 6) is -0.594. The van der Waals surface area contributed by atoms with E-state index in [4.69, 9.17) is 9.47 Å². The van der Waals surface area contributed by atoms with Gasteiger partial charge in [-0.1, -0.05) is 6.08 Å². The minimum atomic E-state index is -1.35. The van der Waals surface area contributed by atoms with Gasteiger partial charge >= 0.3 is 11.9 Å². The maximum Gasteiger partial charge on any atom is 0.302 e. The van der Waals surface area contributed by atoms with E-state index in [0.29, 0.717) is 12.5 Å². The summed E-state index contributed by atoms with van der Waals surface area (Å²) in [7, 11) is -1.35. The Morgan fingerprint density at radius 1 is 1.21 bits per heavy atom. The standard InChI is InChI=1S/C9H16O4Si/c1-4-5-14(6-12-8(2)10)7-13-9(3)11/h4,14H,1,5-7H2,2-3H3. The molecule has 0 rings (SSSR count). The molecule has 0 aliphatic carbocycles. The first-order valence-corrected chi connectivity index (χ1v) is 6.88. The van der Waals surface area contributed by atoms with Gasteiger partial charge in [-0.2, -0.15) is 0 Å². The smallest absolute Gasteiger partial charge is 0.302 e. The molecule has 80 valence electrons. The van der Waals surface area contributed by atoms with Crippen molar-refractivity contribution in [1.29, 1.82) is 0 Å². The number of ether oxygens (including phenoxy) is 2. The van der Waals surface area contributed by atoms with Crippen LogP contribution in [-0.2, 0) is 19.1 Å². The zero-order chi connectivity index (χ0) is 11.0. The minimum absolute atomic E-state index is 0.297. The van der Waals surface area contributed by atoms with Gasteiger partial charge in [-0.05, 0) is 6.04 Å². The Labute approximate surface area is 85.5 Å². The van der Waals surface area contributed by atoms with Crippen LogP contribution >= 0.6 is 0 Å². The summed E-state index contributed by atoms with van der Waals surface area (Å²) in [5.41, 5.74) is 0. The number of hydrogen-bond acceptors (Lipinski definition) is 4. The second-order valence-corrected chi connectivity index (χ2v) is 5.87. The third kappa shape index (κ3) is 7.54. The van der Waals surface area contributed by atoms with Gasteiger partial charge in [0.15, 0.2) is 0 Å². The number of rotatable bonds is 6. The molecular weight excluding hydrogens is 200 g/mol. The summed E-state index contributed by atoms with van der Waals surface area (Å²) < 4.78 is 9.75. The maximum absolute atomic E-state index is 10.6. The summed E-state index contributed by atoms with van der Waals surface area (Å²) in [5, 5.41) is 0. The Morgan fingerprint density at radius 3 is 1.93 bits per heavy atom. The van der Waals surface area contributed by atoms with Crippen LogP contribution in [-0.4, -0.2) is 33.2 Å². The van der Waals surface area contributed by atoms with Crippen LogP contribution < -0.4 is 0 Å². The van der Waals surface area contributed by atoms with E-state index in [1.807, 2.05) is 0 Å². The highest BCUT2D eigenvalue weighted by molar-refractivity contribution is 6.59. The number of carbonyl (C=O) groups excluding carboxylic acids is 2. The van der Waals surface area contributed by atoms with Crippen LogP contribution in [0.2, 0.25) is 6.04 Å². The lowest BCUT2D eigenvalue weighted by Crippen LogP contribution is -2.29. The zero-order valence-electron chi connectivity index (χ0n) is 8.62. The van der Waals surface area contributed by atoms with Crippen LogP contribution in [0.15, 0.2) is 12.7 Å². The van der Waals surface area contributed by atoms with Crippen LogP contribution in [0.5, 0.6) is 0 Å². The summed E-state index contributed by atoms with van der Waals surface area (Å²) >= 11 is 0. The molecular formula is C9H16O4Si. The second kappa shape index (κ2) is 7.31. The molecule has 0 saturated heterocycles. The molecule has 0 spiro atoms. The average Bonchev–Trinajstić information content (AvgIpc) is 2.09. The lowest BCUT2D eigenvalue weighted by molar-refractivity contribution is -0.139. The van der Waals surface area contributed by atoms with Crippen LogP contribution in [0.4, 0.5) is 0 Å². The van der Waals surface area contributed by atoms with Crippen molar-refractivity contribution in [3.63, 3.8) is 0 Å². The van der Waals surface area contributed by atoms with Crippen molar-refractivity contribution < 1.29 is 19.1 Å². The molecule has 0 aromatic carbocycles. The van der Waals surface area contributed by atoms with Crippen molar-refractivity contribution >= 4 is 20.7 Å². The molecule has 0 aliphatic rings. The minimum Gasteiger partial charge on any atom is -0.470 e. The normalized spacial score (nSPS) is 9.64. The largest absolute Gasteiger partial charge is 0.470 e. The van der Waals surface area contributed by atoms with E-state index < -0.39 is 8.80 Å². The lowest BCUT2D eigenvalue weighted by Gasteiger charge is -2.12. The molecule has 0 heterocycles. The first kappa shape index (κ1) is 12.9. The second-order valence-electron chi connectivity index (χ2n) is 3.00. The van der Waals surface area contributed by atoms with Gasteiger partial charge in [0.2, 0.25) is 0 Å². The summed E-state index contributed by atoms with van der Waals surface area (Å²) in [6.07, 6.45) is 2.56. The fourth-order valence-electron chi connectivity index (χ4n) is 0.890. The van der Waals surface area contributed by atoms with Crippen LogP contribution in [0.1, 0.15) is 13.8 Å². The lowest BCUT2D eigenvalue weighted by atomic mass is 10.8. The molecule has 0 aromatic rings. The fraction of sp³-hybridized carbons (Fsp3) is 0.556. The van der Waals surface area contributed by atoms with E-state index in [0.717, 1.165) is 6.04 Å². The Bertz CT molecular complexity index is 197. The molecule has 0 atom stereocenters. The topological polar surface area (TPSA) is 52.6 Å². The Hall–Kier alpha value is -1.10. The number of hydrogen-bond donors (Lipinski definition) is 0. The van der Waals surface area contributed by atoms with Gasteiger partial charge in [0.05, 0.1) is 12.5 Å². The van der Waals surface area contributed by atoms with Gasteiger partial charge in [-0.15, -0.1) is 6.58 Å². The van der Waals surface area contributed by atoms with Gasteiger partial charge in [0.1, 0.15) is 8.80 Å². The van der Waals surface area contributed by atoms with Gasteiger partial charge < -0.3 is 9.47 Å². The summed E-state index contributed by atoms with van der Waals surface area (Å²) in [6.45, 7) is 6.34. The predicted molar refractivity (Wildman–Crippen MR) is 55.4 cm³/mol. The SMILES string of the molecule is C=CC[SiH](COC(C)=O)COC(C)=O. The van der Waals surface area contributed by atoms with Gasteiger partial charge in [0.25, 0.3) is 0 Å². The van der Waals surface area contributed by atoms with Gasteiger partial charge in [0, 0.05) is 13.8 Å². The quantitative estimate of drug-likeness (QED) is 0.371. The molecule has 0 aliphatic heterocycles. The molecule has 0 aromatic heterocycles. The maximum atomic E-state index is 10.6. The molecule has 5 heteroatoms. The molecule has 0 saturated carbocycles. The van der Waals surface area contributed by atoms with E-state index >= 15 is 0 Å². The van der Waals surface area contributed by atoms with E-state index in [1.54, 1.807) is 6.08 Å². The molecule has 14 heavy (non-hydrogen) atoms. The zero-order valence-corrected chi connectivity index (χ0v) is 9.77. The molecule has 0 N–H and O–H groups in total. The Balaban J connectivity index is 3.81. The highest BCUT2D eigenvalue weighted by Crippen LogP contribution is 1.96. The highest BCUT2D eigenvalue weighted by Gasteiger charge is 2.12. The van der Waals surface area contributed by atoms with Gasteiger partial charge in [-0.3, -0.25) is 9.59 Å². The van der Waals surface area contributed by atoms with E-state index in [9.17, 15) is 9.59 Å². The van der Waals surface area contributed by atoms with E-state index in [1.165, 1.54) is 13.8 Å². The van der Waals surface area contributed by atoms with Crippen molar-refractivity contribution in [2.75, 3.05) is 12.5 Å². The molecule has 0 bridgehead atoms. The first-order valence-electron chi connectivity index (χ1n) is 4.44. The number of esters is 2. The van der Waals surface area contributed by atoms with Crippen LogP contribution in [0.25, 0.3) is 0 Å². The Kier molecular flexibility index (Phi) is 6.74. The van der Waals surface area contributed by atoms with Crippen LogP contribution in [0.3, 0.4) is 0 Å². The molecule has 0 radical (unpaired) electrons. The molecule has 0 amide bonds. The van der Waals surface area contributed by atoms with Crippen molar-refractivity contribution in [3.05, 3.63) is 12.7 Å². The van der Waals surface area contributed by atoms with E-state index in [2.05, 4.69) is 6.58 Å². The summed E-state index contributed by atoms with van der Waals surface area (Å²) in [6, 6.07) is 0.792. The predicted octanol–water partition coefficient (Wildman–Crippen LogP) is 0.604. The molecule has 0 unspecified atom stereocenters. The fourth-order valence-corrected chi connectivity index (χ4v) is 2.67. The third-order valence-corrected chi connectivity index (χ3v) is 3.82. The van der Waals surface area contributed by atoms with Gasteiger partial charge in [-0.25, -0.2) is 0 Å². The third-order valence-electron chi connectivity index (χ3n) is 1.54. The summed E-state index contributed by atoms with van der Waals surface area (Å²) in [4.78, 5) is 21.1. The van der Waals surface area contributed by atoms with Crippen LogP contribution in [0, 0.1) is 0 Å². The number of carbonyl (C=O) groups is 2. The molecule has 4 nitrogen and oxygen atoms in total. The van der Waals surface area contributed by atoms with Crippen molar-refractivity contribution in [2.45, 2.75) is 19.9 Å². The average molecular weight is 216 g/mol.